The Bertz CT molecular complexity index is 565. The van der Waals surface area contributed by atoms with E-state index in [-0.39, 0.29) is 17.3 Å². The predicted molar refractivity (Wildman–Crippen MR) is 81.8 cm³/mol. The number of pyridine rings is 1. The van der Waals surface area contributed by atoms with E-state index >= 15 is 0 Å². The molecule has 0 bridgehead atoms. The molecule has 2 rings (SSSR count). The van der Waals surface area contributed by atoms with Crippen LogP contribution in [0.15, 0.2) is 18.5 Å². The first-order chi connectivity index (χ1) is 10.00. The van der Waals surface area contributed by atoms with Crippen molar-refractivity contribution in [3.8, 4) is 0 Å². The van der Waals surface area contributed by atoms with Crippen LogP contribution < -0.4 is 4.90 Å². The third kappa shape index (κ3) is 4.93. The zero-order valence-electron chi connectivity index (χ0n) is 12.3. The molecule has 0 saturated carbocycles. The molecule has 1 aromatic heterocycles. The summed E-state index contributed by atoms with van der Waals surface area (Å²) in [7, 11) is -2.92. The fourth-order valence-electron chi connectivity index (χ4n) is 2.44. The zero-order valence-corrected chi connectivity index (χ0v) is 13.1. The molecular weight excluding hydrogens is 293 g/mol. The molecule has 0 N–H and O–H groups in total. The van der Waals surface area contributed by atoms with E-state index in [0.717, 1.165) is 38.3 Å². The highest BCUT2D eigenvalue weighted by molar-refractivity contribution is 7.91. The van der Waals surface area contributed by atoms with Crippen molar-refractivity contribution in [2.75, 3.05) is 49.1 Å². The second-order valence-corrected chi connectivity index (χ2v) is 7.75. The van der Waals surface area contributed by atoms with Crippen molar-refractivity contribution in [3.63, 3.8) is 0 Å². The molecule has 1 fully saturated rings. The van der Waals surface area contributed by atoms with Gasteiger partial charge in [-0.05, 0) is 13.0 Å². The van der Waals surface area contributed by atoms with E-state index in [2.05, 4.69) is 14.8 Å². The number of aromatic nitrogens is 1. The molecule has 7 heteroatoms. The van der Waals surface area contributed by atoms with Crippen molar-refractivity contribution in [3.05, 3.63) is 24.3 Å². The Morgan fingerprint density at radius 2 is 2.05 bits per heavy atom. The molecule has 0 atom stereocenters. The van der Waals surface area contributed by atoms with Crippen LogP contribution in [0, 0.1) is 5.82 Å². The van der Waals surface area contributed by atoms with Crippen LogP contribution in [-0.4, -0.2) is 62.5 Å². The molecule has 0 radical (unpaired) electrons. The summed E-state index contributed by atoms with van der Waals surface area (Å²) in [6.07, 6.45) is 3.80. The molecule has 0 unspecified atom stereocenters. The van der Waals surface area contributed by atoms with E-state index in [1.807, 2.05) is 0 Å². The van der Waals surface area contributed by atoms with Gasteiger partial charge in [-0.25, -0.2) is 12.8 Å². The van der Waals surface area contributed by atoms with Crippen LogP contribution in [0.25, 0.3) is 0 Å². The standard InChI is InChI=1S/C14H22FN3O2S/c1-2-21(19,20)9-8-17-4-3-5-18(7-6-17)14-10-13(15)11-16-12-14/h10-12H,2-9H2,1H3. The van der Waals surface area contributed by atoms with Gasteiger partial charge in [0.15, 0.2) is 9.84 Å². The first-order valence-corrected chi connectivity index (χ1v) is 9.10. The normalized spacial score (nSPS) is 17.7. The molecule has 5 nitrogen and oxygen atoms in total. The number of rotatable bonds is 5. The maximum absolute atomic E-state index is 13.2. The maximum Gasteiger partial charge on any atom is 0.151 e. The summed E-state index contributed by atoms with van der Waals surface area (Å²) >= 11 is 0. The van der Waals surface area contributed by atoms with Crippen molar-refractivity contribution in [2.24, 2.45) is 0 Å². The average Bonchev–Trinajstić information content (AvgIpc) is 2.71. The van der Waals surface area contributed by atoms with Crippen LogP contribution in [-0.2, 0) is 9.84 Å². The van der Waals surface area contributed by atoms with Gasteiger partial charge in [-0.2, -0.15) is 0 Å². The molecule has 1 aliphatic rings. The van der Waals surface area contributed by atoms with Crippen molar-refractivity contribution < 1.29 is 12.8 Å². The second kappa shape index (κ2) is 7.17. The fraction of sp³-hybridized carbons (Fsp3) is 0.643. The van der Waals surface area contributed by atoms with Crippen molar-refractivity contribution in [1.29, 1.82) is 0 Å². The summed E-state index contributed by atoms with van der Waals surface area (Å²) in [6.45, 7) is 5.51. The van der Waals surface area contributed by atoms with Crippen molar-refractivity contribution >= 4 is 15.5 Å². The van der Waals surface area contributed by atoms with Crippen LogP contribution in [0.4, 0.5) is 10.1 Å². The fourth-order valence-corrected chi connectivity index (χ4v) is 3.26. The van der Waals surface area contributed by atoms with Gasteiger partial charge in [-0.3, -0.25) is 4.98 Å². The van der Waals surface area contributed by atoms with Crippen molar-refractivity contribution in [2.45, 2.75) is 13.3 Å². The van der Waals surface area contributed by atoms with E-state index in [4.69, 9.17) is 0 Å². The Morgan fingerprint density at radius 3 is 2.76 bits per heavy atom. The zero-order chi connectivity index (χ0) is 15.3. The van der Waals surface area contributed by atoms with Crippen LogP contribution in [0.5, 0.6) is 0 Å². The first-order valence-electron chi connectivity index (χ1n) is 7.28. The largest absolute Gasteiger partial charge is 0.369 e. The Hall–Kier alpha value is -1.21. The van der Waals surface area contributed by atoms with Crippen LogP contribution in [0.1, 0.15) is 13.3 Å². The molecule has 0 aromatic carbocycles. The third-order valence-corrected chi connectivity index (χ3v) is 5.49. The molecule has 21 heavy (non-hydrogen) atoms. The Labute approximate surface area is 125 Å². The molecule has 2 heterocycles. The smallest absolute Gasteiger partial charge is 0.151 e. The minimum absolute atomic E-state index is 0.196. The van der Waals surface area contributed by atoms with Gasteiger partial charge in [0.25, 0.3) is 0 Å². The SMILES string of the molecule is CCS(=O)(=O)CCN1CCCN(c2cncc(F)c2)CC1. The number of anilines is 1. The highest BCUT2D eigenvalue weighted by atomic mass is 32.2. The highest BCUT2D eigenvalue weighted by Crippen LogP contribution is 2.16. The van der Waals surface area contributed by atoms with Crippen molar-refractivity contribution in [1.82, 2.24) is 9.88 Å². The molecule has 1 saturated heterocycles. The van der Waals surface area contributed by atoms with Gasteiger partial charge < -0.3 is 9.80 Å². The summed E-state index contributed by atoms with van der Waals surface area (Å²) in [6, 6.07) is 1.49. The van der Waals surface area contributed by atoms with Gasteiger partial charge in [0.05, 0.1) is 23.8 Å². The van der Waals surface area contributed by atoms with Crippen LogP contribution in [0.2, 0.25) is 0 Å². The molecule has 0 spiro atoms. The maximum atomic E-state index is 13.2. The lowest BCUT2D eigenvalue weighted by Gasteiger charge is -2.23. The number of hydrogen-bond donors (Lipinski definition) is 0. The highest BCUT2D eigenvalue weighted by Gasteiger charge is 2.17. The molecule has 1 aliphatic heterocycles. The summed E-state index contributed by atoms with van der Waals surface area (Å²) in [5, 5.41) is 0. The summed E-state index contributed by atoms with van der Waals surface area (Å²) < 4.78 is 36.4. The van der Waals surface area contributed by atoms with Gasteiger partial charge >= 0.3 is 0 Å². The topological polar surface area (TPSA) is 53.5 Å². The number of hydrogen-bond acceptors (Lipinski definition) is 5. The monoisotopic (exact) mass is 315 g/mol. The lowest BCUT2D eigenvalue weighted by Crippen LogP contribution is -2.34. The Kier molecular flexibility index (Phi) is 5.52. The van der Waals surface area contributed by atoms with E-state index in [0.29, 0.717) is 6.54 Å². The molecular formula is C14H22FN3O2S. The summed E-state index contributed by atoms with van der Waals surface area (Å²) in [4.78, 5) is 8.15. The van der Waals surface area contributed by atoms with Gasteiger partial charge in [0.1, 0.15) is 5.82 Å². The number of sulfone groups is 1. The molecule has 118 valence electrons. The second-order valence-electron chi connectivity index (χ2n) is 5.28. The summed E-state index contributed by atoms with van der Waals surface area (Å²) in [5.41, 5.74) is 0.790. The van der Waals surface area contributed by atoms with Gasteiger partial charge in [-0.15, -0.1) is 0 Å². The molecule has 1 aromatic rings. The molecule has 0 amide bonds. The van der Waals surface area contributed by atoms with Gasteiger partial charge in [-0.1, -0.05) is 6.92 Å². The first kappa shape index (κ1) is 16.2. The van der Waals surface area contributed by atoms with E-state index in [1.165, 1.54) is 12.3 Å². The quantitative estimate of drug-likeness (QED) is 0.816. The third-order valence-electron chi connectivity index (χ3n) is 3.80. The van der Waals surface area contributed by atoms with Gasteiger partial charge in [0.2, 0.25) is 0 Å². The van der Waals surface area contributed by atoms with Gasteiger partial charge in [0, 0.05) is 38.0 Å². The average molecular weight is 315 g/mol. The summed E-state index contributed by atoms with van der Waals surface area (Å²) in [5.74, 6) is 0.0788. The minimum Gasteiger partial charge on any atom is -0.369 e. The van der Waals surface area contributed by atoms with E-state index < -0.39 is 9.84 Å². The van der Waals surface area contributed by atoms with Crippen LogP contribution >= 0.6 is 0 Å². The molecule has 0 aliphatic carbocycles. The lowest BCUT2D eigenvalue weighted by atomic mass is 10.3. The van der Waals surface area contributed by atoms with Crippen LogP contribution in [0.3, 0.4) is 0 Å². The minimum atomic E-state index is -2.92. The Morgan fingerprint density at radius 1 is 1.24 bits per heavy atom. The lowest BCUT2D eigenvalue weighted by molar-refractivity contribution is 0.310. The predicted octanol–water partition coefficient (Wildman–Crippen LogP) is 1.17. The van der Waals surface area contributed by atoms with E-state index in [9.17, 15) is 12.8 Å². The number of halogens is 1. The van der Waals surface area contributed by atoms with E-state index in [1.54, 1.807) is 13.1 Å². The number of nitrogens with zero attached hydrogens (tertiary/aromatic N) is 3. The Balaban J connectivity index is 1.90.